The van der Waals surface area contributed by atoms with Gasteiger partial charge in [0, 0.05) is 50.4 Å². The van der Waals surface area contributed by atoms with Crippen LogP contribution in [0.3, 0.4) is 0 Å². The summed E-state index contributed by atoms with van der Waals surface area (Å²) in [5.74, 6) is 0.159. The molecule has 3 heterocycles. The summed E-state index contributed by atoms with van der Waals surface area (Å²) in [5, 5.41) is 11.0. The maximum atomic E-state index is 11.9. The monoisotopic (exact) mass is 359 g/mol. The molecule has 2 aromatic rings. The molecule has 1 saturated carbocycles. The summed E-state index contributed by atoms with van der Waals surface area (Å²) < 4.78 is 2.13. The number of aryl methyl sites for hydroxylation is 3. The SMILES string of the molecule is Cc1nc(CN2CCCn3nc(CCC(=O)NC4CC4)cc3C2)cs1. The standard InChI is InChI=1S/C18H25N5OS/c1-13-19-16(12-25-13)10-22-7-2-8-23-17(11-22)9-15(21-23)5-6-18(24)20-14-3-4-14/h9,12,14H,2-8,10-11H2,1H3,(H,20,24). The van der Waals surface area contributed by atoms with Gasteiger partial charge in [-0.05, 0) is 32.3 Å². The molecule has 134 valence electrons. The predicted molar refractivity (Wildman–Crippen MR) is 97.3 cm³/mol. The van der Waals surface area contributed by atoms with E-state index in [0.717, 1.165) is 68.3 Å². The van der Waals surface area contributed by atoms with Crippen molar-refractivity contribution in [3.05, 3.63) is 33.5 Å². The van der Waals surface area contributed by atoms with E-state index in [-0.39, 0.29) is 5.91 Å². The number of thiazole rings is 1. The largest absolute Gasteiger partial charge is 0.353 e. The number of rotatable bonds is 6. The maximum Gasteiger partial charge on any atom is 0.220 e. The highest BCUT2D eigenvalue weighted by molar-refractivity contribution is 7.09. The fourth-order valence-corrected chi connectivity index (χ4v) is 3.93. The highest BCUT2D eigenvalue weighted by Crippen LogP contribution is 2.20. The van der Waals surface area contributed by atoms with Gasteiger partial charge < -0.3 is 5.32 Å². The van der Waals surface area contributed by atoms with E-state index in [0.29, 0.717) is 12.5 Å². The molecule has 0 bridgehead atoms. The highest BCUT2D eigenvalue weighted by atomic mass is 32.1. The third-order valence-electron chi connectivity index (χ3n) is 4.75. The molecule has 1 fully saturated rings. The van der Waals surface area contributed by atoms with Crippen molar-refractivity contribution in [3.8, 4) is 0 Å². The Morgan fingerprint density at radius 1 is 1.36 bits per heavy atom. The molecular formula is C18H25N5OS. The molecule has 1 aliphatic carbocycles. The molecule has 0 atom stereocenters. The number of nitrogens with zero attached hydrogens (tertiary/aromatic N) is 4. The number of aromatic nitrogens is 3. The van der Waals surface area contributed by atoms with Gasteiger partial charge in [0.05, 0.1) is 22.1 Å². The van der Waals surface area contributed by atoms with Crippen LogP contribution < -0.4 is 5.32 Å². The Kier molecular flexibility index (Phi) is 4.85. The van der Waals surface area contributed by atoms with Crippen LogP contribution in [-0.2, 0) is 30.8 Å². The van der Waals surface area contributed by atoms with Crippen LogP contribution in [0.1, 0.15) is 47.8 Å². The Balaban J connectivity index is 1.35. The minimum Gasteiger partial charge on any atom is -0.353 e. The van der Waals surface area contributed by atoms with Crippen molar-refractivity contribution in [3.63, 3.8) is 0 Å². The first-order chi connectivity index (χ1) is 12.2. The fourth-order valence-electron chi connectivity index (χ4n) is 3.32. The molecule has 4 rings (SSSR count). The van der Waals surface area contributed by atoms with Crippen molar-refractivity contribution in [1.82, 2.24) is 25.0 Å². The maximum absolute atomic E-state index is 11.9. The van der Waals surface area contributed by atoms with Crippen molar-refractivity contribution in [2.24, 2.45) is 0 Å². The summed E-state index contributed by atoms with van der Waals surface area (Å²) in [5.41, 5.74) is 3.45. The Morgan fingerprint density at radius 3 is 3.00 bits per heavy atom. The van der Waals surface area contributed by atoms with E-state index in [1.54, 1.807) is 11.3 Å². The van der Waals surface area contributed by atoms with Gasteiger partial charge in [-0.3, -0.25) is 14.4 Å². The summed E-state index contributed by atoms with van der Waals surface area (Å²) in [6.45, 7) is 5.87. The highest BCUT2D eigenvalue weighted by Gasteiger charge is 2.23. The lowest BCUT2D eigenvalue weighted by molar-refractivity contribution is -0.121. The number of hydrogen-bond acceptors (Lipinski definition) is 5. The number of fused-ring (bicyclic) bond motifs is 1. The molecule has 7 heteroatoms. The average molecular weight is 359 g/mol. The van der Waals surface area contributed by atoms with Gasteiger partial charge in [-0.1, -0.05) is 0 Å². The molecule has 0 spiro atoms. The predicted octanol–water partition coefficient (Wildman–Crippen LogP) is 2.27. The summed E-state index contributed by atoms with van der Waals surface area (Å²) in [4.78, 5) is 18.9. The van der Waals surface area contributed by atoms with Crippen molar-refractivity contribution in [1.29, 1.82) is 0 Å². The molecule has 2 aromatic heterocycles. The van der Waals surface area contributed by atoms with E-state index < -0.39 is 0 Å². The minimum atomic E-state index is 0.159. The molecule has 1 amide bonds. The number of hydrogen-bond donors (Lipinski definition) is 1. The van der Waals surface area contributed by atoms with Crippen molar-refractivity contribution < 1.29 is 4.79 Å². The topological polar surface area (TPSA) is 63.1 Å². The molecule has 0 unspecified atom stereocenters. The molecule has 1 N–H and O–H groups in total. The summed E-state index contributed by atoms with van der Waals surface area (Å²) in [6.07, 6.45) is 4.63. The lowest BCUT2D eigenvalue weighted by Gasteiger charge is -2.17. The smallest absolute Gasteiger partial charge is 0.220 e. The molecular weight excluding hydrogens is 334 g/mol. The summed E-state index contributed by atoms with van der Waals surface area (Å²) in [7, 11) is 0. The normalized spacial score (nSPS) is 18.0. The molecule has 1 aliphatic heterocycles. The van der Waals surface area contributed by atoms with Crippen molar-refractivity contribution >= 4 is 17.2 Å². The van der Waals surface area contributed by atoms with Gasteiger partial charge in [0.25, 0.3) is 0 Å². The van der Waals surface area contributed by atoms with Gasteiger partial charge in [-0.15, -0.1) is 11.3 Å². The summed E-state index contributed by atoms with van der Waals surface area (Å²) >= 11 is 1.71. The van der Waals surface area contributed by atoms with Crippen LogP contribution in [-0.4, -0.2) is 38.2 Å². The fraction of sp³-hybridized carbons (Fsp3) is 0.611. The zero-order valence-electron chi connectivity index (χ0n) is 14.7. The minimum absolute atomic E-state index is 0.159. The van der Waals surface area contributed by atoms with Crippen LogP contribution in [0, 0.1) is 6.92 Å². The van der Waals surface area contributed by atoms with Crippen LogP contribution >= 0.6 is 11.3 Å². The van der Waals surface area contributed by atoms with Crippen LogP contribution in [0.15, 0.2) is 11.4 Å². The number of carbonyl (C=O) groups excluding carboxylic acids is 1. The third kappa shape index (κ3) is 4.46. The number of nitrogens with one attached hydrogen (secondary N) is 1. The van der Waals surface area contributed by atoms with Crippen molar-refractivity contribution in [2.45, 2.75) is 64.7 Å². The number of carbonyl (C=O) groups is 1. The Hall–Kier alpha value is -1.73. The van der Waals surface area contributed by atoms with E-state index in [4.69, 9.17) is 5.10 Å². The number of amides is 1. The lowest BCUT2D eigenvalue weighted by Crippen LogP contribution is -2.25. The van der Waals surface area contributed by atoms with E-state index in [2.05, 4.69) is 38.3 Å². The van der Waals surface area contributed by atoms with Crippen molar-refractivity contribution in [2.75, 3.05) is 6.54 Å². The molecule has 0 aromatic carbocycles. The zero-order valence-corrected chi connectivity index (χ0v) is 15.5. The van der Waals surface area contributed by atoms with Crippen LogP contribution in [0.25, 0.3) is 0 Å². The van der Waals surface area contributed by atoms with Crippen LogP contribution in [0.2, 0.25) is 0 Å². The van der Waals surface area contributed by atoms with E-state index >= 15 is 0 Å². The molecule has 25 heavy (non-hydrogen) atoms. The first kappa shape index (κ1) is 16.7. The second-order valence-electron chi connectivity index (χ2n) is 7.11. The Labute approximate surface area is 152 Å². The second kappa shape index (κ2) is 7.25. The third-order valence-corrected chi connectivity index (χ3v) is 5.57. The van der Waals surface area contributed by atoms with Crippen LogP contribution in [0.5, 0.6) is 0 Å². The second-order valence-corrected chi connectivity index (χ2v) is 8.18. The molecule has 2 aliphatic rings. The van der Waals surface area contributed by atoms with Gasteiger partial charge in [-0.25, -0.2) is 4.98 Å². The Bertz CT molecular complexity index is 748. The molecule has 0 saturated heterocycles. The van der Waals surface area contributed by atoms with E-state index in [1.807, 2.05) is 0 Å². The van der Waals surface area contributed by atoms with E-state index in [1.165, 1.54) is 5.69 Å². The first-order valence-electron chi connectivity index (χ1n) is 9.14. The molecule has 0 radical (unpaired) electrons. The van der Waals surface area contributed by atoms with Gasteiger partial charge >= 0.3 is 0 Å². The van der Waals surface area contributed by atoms with Gasteiger partial charge in [0.15, 0.2) is 0 Å². The Morgan fingerprint density at radius 2 is 2.24 bits per heavy atom. The average Bonchev–Trinajstić information content (AvgIpc) is 3.22. The summed E-state index contributed by atoms with van der Waals surface area (Å²) in [6, 6.07) is 2.61. The van der Waals surface area contributed by atoms with Gasteiger partial charge in [0.1, 0.15) is 0 Å². The first-order valence-corrected chi connectivity index (χ1v) is 10.0. The zero-order chi connectivity index (χ0) is 17.2. The van der Waals surface area contributed by atoms with Crippen LogP contribution in [0.4, 0.5) is 0 Å². The quantitative estimate of drug-likeness (QED) is 0.859. The lowest BCUT2D eigenvalue weighted by atomic mass is 10.2. The van der Waals surface area contributed by atoms with Gasteiger partial charge in [0.2, 0.25) is 5.91 Å². The van der Waals surface area contributed by atoms with E-state index in [9.17, 15) is 4.79 Å². The molecule has 6 nitrogen and oxygen atoms in total. The van der Waals surface area contributed by atoms with Gasteiger partial charge in [-0.2, -0.15) is 5.10 Å².